The maximum atomic E-state index is 13.5. The van der Waals surface area contributed by atoms with Gasteiger partial charge < -0.3 is 4.84 Å². The Hall–Kier alpha value is -2.01. The number of rotatable bonds is 4. The summed E-state index contributed by atoms with van der Waals surface area (Å²) in [5.41, 5.74) is -0.161. The van der Waals surface area contributed by atoms with Gasteiger partial charge in [0, 0.05) is 16.1 Å². The minimum absolute atomic E-state index is 0.0593. The van der Waals surface area contributed by atoms with Gasteiger partial charge in [0.2, 0.25) is 0 Å². The van der Waals surface area contributed by atoms with Gasteiger partial charge in [-0.05, 0) is 43.9 Å². The van der Waals surface area contributed by atoms with E-state index >= 15 is 0 Å². The molecule has 0 aromatic heterocycles. The summed E-state index contributed by atoms with van der Waals surface area (Å²) in [6.07, 6.45) is 0.413. The van der Waals surface area contributed by atoms with Crippen LogP contribution in [0.5, 0.6) is 0 Å². The molecule has 0 heterocycles. The number of hydrogen-bond acceptors (Lipinski definition) is 2. The van der Waals surface area contributed by atoms with E-state index in [0.29, 0.717) is 5.56 Å². The number of nitrogens with zero attached hydrogens (tertiary/aromatic N) is 1. The molecule has 3 rings (SSSR count). The van der Waals surface area contributed by atoms with Crippen LogP contribution in [-0.2, 0) is 11.0 Å². The van der Waals surface area contributed by atoms with Gasteiger partial charge in [0.15, 0.2) is 0 Å². The zero-order chi connectivity index (χ0) is 18.6. The predicted molar refractivity (Wildman–Crippen MR) is 96.5 cm³/mol. The van der Waals surface area contributed by atoms with Crippen LogP contribution in [0.3, 0.4) is 0 Å². The molecule has 1 fully saturated rings. The van der Waals surface area contributed by atoms with Crippen molar-refractivity contribution < 1.29 is 18.0 Å². The van der Waals surface area contributed by atoms with Gasteiger partial charge in [-0.3, -0.25) is 0 Å². The first-order valence-corrected chi connectivity index (χ1v) is 8.99. The summed E-state index contributed by atoms with van der Waals surface area (Å²) in [6, 6.07) is 12.2. The summed E-state index contributed by atoms with van der Waals surface area (Å²) in [7, 11) is 0. The largest absolute Gasteiger partial charge is 0.417 e. The third-order valence-corrected chi connectivity index (χ3v) is 4.67. The van der Waals surface area contributed by atoms with E-state index < -0.39 is 11.7 Å². The SMILES string of the molecule is FC(F)(F)c1ccc(Cl)cc1C(=NOC1CCCCC1)c1ccccc1. The van der Waals surface area contributed by atoms with E-state index in [1.165, 1.54) is 12.1 Å². The molecule has 6 heteroatoms. The van der Waals surface area contributed by atoms with Gasteiger partial charge >= 0.3 is 6.18 Å². The average Bonchev–Trinajstić information content (AvgIpc) is 2.63. The first-order valence-electron chi connectivity index (χ1n) is 8.61. The molecule has 0 aliphatic heterocycles. The quantitative estimate of drug-likeness (QED) is 0.440. The second-order valence-corrected chi connectivity index (χ2v) is 6.80. The molecule has 2 nitrogen and oxygen atoms in total. The second kappa shape index (κ2) is 8.12. The van der Waals surface area contributed by atoms with Crippen molar-refractivity contribution in [3.63, 3.8) is 0 Å². The van der Waals surface area contributed by atoms with Crippen LogP contribution in [-0.4, -0.2) is 11.8 Å². The summed E-state index contributed by atoms with van der Waals surface area (Å²) < 4.78 is 40.5. The summed E-state index contributed by atoms with van der Waals surface area (Å²) in [5, 5.41) is 4.38. The number of hydrogen-bond donors (Lipinski definition) is 0. The molecule has 0 unspecified atom stereocenters. The average molecular weight is 382 g/mol. The standard InChI is InChI=1S/C20H19ClF3NO/c21-15-11-12-18(20(22,23)24)17(13-15)19(14-7-3-1-4-8-14)25-26-16-9-5-2-6-10-16/h1,3-4,7-8,11-13,16H,2,5-6,9-10H2. The number of benzene rings is 2. The highest BCUT2D eigenvalue weighted by molar-refractivity contribution is 6.31. The predicted octanol–water partition coefficient (Wildman–Crippen LogP) is 6.46. The molecular weight excluding hydrogens is 363 g/mol. The maximum absolute atomic E-state index is 13.5. The molecule has 0 bridgehead atoms. The van der Waals surface area contributed by atoms with Crippen molar-refractivity contribution in [1.82, 2.24) is 0 Å². The summed E-state index contributed by atoms with van der Waals surface area (Å²) in [6.45, 7) is 0. The highest BCUT2D eigenvalue weighted by atomic mass is 35.5. The Balaban J connectivity index is 2.05. The topological polar surface area (TPSA) is 21.6 Å². The van der Waals surface area contributed by atoms with Crippen LogP contribution in [0.1, 0.15) is 48.8 Å². The summed E-state index contributed by atoms with van der Waals surface area (Å²) in [5.74, 6) is 0. The Morgan fingerprint density at radius 1 is 1.00 bits per heavy atom. The Labute approximate surface area is 155 Å². The Morgan fingerprint density at radius 3 is 2.35 bits per heavy atom. The van der Waals surface area contributed by atoms with Crippen molar-refractivity contribution in [2.75, 3.05) is 0 Å². The third-order valence-electron chi connectivity index (χ3n) is 4.43. The Bertz CT molecular complexity index is 768. The van der Waals surface area contributed by atoms with Gasteiger partial charge in [0.05, 0.1) is 5.56 Å². The minimum atomic E-state index is -4.51. The molecular formula is C20H19ClF3NO. The van der Waals surface area contributed by atoms with Crippen molar-refractivity contribution in [3.05, 3.63) is 70.2 Å². The minimum Gasteiger partial charge on any atom is -0.392 e. The van der Waals surface area contributed by atoms with Crippen molar-refractivity contribution in [2.24, 2.45) is 5.16 Å². The molecule has 1 aliphatic rings. The zero-order valence-electron chi connectivity index (χ0n) is 14.1. The lowest BCUT2D eigenvalue weighted by Gasteiger charge is -2.21. The van der Waals surface area contributed by atoms with Crippen molar-refractivity contribution in [2.45, 2.75) is 44.4 Å². The number of halogens is 4. The molecule has 138 valence electrons. The van der Waals surface area contributed by atoms with Crippen molar-refractivity contribution in [3.8, 4) is 0 Å². The van der Waals surface area contributed by atoms with E-state index in [4.69, 9.17) is 16.4 Å². The summed E-state index contributed by atoms with van der Waals surface area (Å²) >= 11 is 5.98. The highest BCUT2D eigenvalue weighted by Gasteiger charge is 2.35. The van der Waals surface area contributed by atoms with Crippen molar-refractivity contribution in [1.29, 1.82) is 0 Å². The molecule has 0 N–H and O–H groups in total. The summed E-state index contributed by atoms with van der Waals surface area (Å²) in [4.78, 5) is 5.64. The smallest absolute Gasteiger partial charge is 0.392 e. The fourth-order valence-electron chi connectivity index (χ4n) is 3.11. The van der Waals surface area contributed by atoms with Crippen LogP contribution in [0.2, 0.25) is 5.02 Å². The van der Waals surface area contributed by atoms with Crippen molar-refractivity contribution >= 4 is 17.3 Å². The monoisotopic (exact) mass is 381 g/mol. The molecule has 0 saturated heterocycles. The van der Waals surface area contributed by atoms with E-state index in [9.17, 15) is 13.2 Å². The number of alkyl halides is 3. The zero-order valence-corrected chi connectivity index (χ0v) is 14.9. The van der Waals surface area contributed by atoms with Gasteiger partial charge in [0.25, 0.3) is 0 Å². The molecule has 0 spiro atoms. The highest BCUT2D eigenvalue weighted by Crippen LogP contribution is 2.35. The molecule has 26 heavy (non-hydrogen) atoms. The van der Waals surface area contributed by atoms with E-state index in [1.807, 2.05) is 0 Å². The molecule has 0 radical (unpaired) electrons. The second-order valence-electron chi connectivity index (χ2n) is 6.36. The maximum Gasteiger partial charge on any atom is 0.417 e. The third kappa shape index (κ3) is 4.58. The Kier molecular flexibility index (Phi) is 5.87. The van der Waals surface area contributed by atoms with Gasteiger partial charge in [-0.15, -0.1) is 0 Å². The van der Waals surface area contributed by atoms with Crippen LogP contribution in [0.4, 0.5) is 13.2 Å². The molecule has 2 aromatic carbocycles. The van der Waals surface area contributed by atoms with E-state index in [1.54, 1.807) is 30.3 Å². The first kappa shape index (κ1) is 18.8. The molecule has 0 amide bonds. The van der Waals surface area contributed by atoms with Crippen LogP contribution in [0.25, 0.3) is 0 Å². The van der Waals surface area contributed by atoms with Gasteiger partial charge in [-0.1, -0.05) is 53.5 Å². The molecule has 0 atom stereocenters. The molecule has 2 aromatic rings. The lowest BCUT2D eigenvalue weighted by molar-refractivity contribution is -0.137. The van der Waals surface area contributed by atoms with E-state index in [2.05, 4.69) is 5.16 Å². The van der Waals surface area contributed by atoms with Crippen LogP contribution in [0.15, 0.2) is 53.7 Å². The van der Waals surface area contributed by atoms with E-state index in [-0.39, 0.29) is 22.4 Å². The normalized spacial score (nSPS) is 16.5. The molecule has 1 saturated carbocycles. The first-order chi connectivity index (χ1) is 12.4. The van der Waals surface area contributed by atoms with E-state index in [0.717, 1.165) is 38.2 Å². The van der Waals surface area contributed by atoms with Crippen LogP contribution in [0, 0.1) is 0 Å². The molecule has 1 aliphatic carbocycles. The van der Waals surface area contributed by atoms with Crippen LogP contribution >= 0.6 is 11.6 Å². The van der Waals surface area contributed by atoms with Gasteiger partial charge in [-0.25, -0.2) is 0 Å². The van der Waals surface area contributed by atoms with Gasteiger partial charge in [-0.2, -0.15) is 13.2 Å². The van der Waals surface area contributed by atoms with Gasteiger partial charge in [0.1, 0.15) is 11.8 Å². The number of oxime groups is 1. The van der Waals surface area contributed by atoms with Crippen LogP contribution < -0.4 is 0 Å². The fourth-order valence-corrected chi connectivity index (χ4v) is 3.28. The lowest BCUT2D eigenvalue weighted by atomic mass is 9.97. The Morgan fingerprint density at radius 2 is 1.69 bits per heavy atom. The lowest BCUT2D eigenvalue weighted by Crippen LogP contribution is -2.18. The fraction of sp³-hybridized carbons (Fsp3) is 0.350.